The zero-order chi connectivity index (χ0) is 8.39. The van der Waals surface area contributed by atoms with Crippen LogP contribution >= 0.6 is 0 Å². The summed E-state index contributed by atoms with van der Waals surface area (Å²) in [5, 5.41) is 0. The lowest BCUT2D eigenvalue weighted by molar-refractivity contribution is 0.364. The Morgan fingerprint density at radius 1 is 1.25 bits per heavy atom. The zero-order valence-corrected chi connectivity index (χ0v) is 6.66. The van der Waals surface area contributed by atoms with Gasteiger partial charge < -0.3 is 4.74 Å². The van der Waals surface area contributed by atoms with E-state index in [4.69, 9.17) is 4.74 Å². The smallest absolute Gasteiger partial charge is 0.221 e. The molecule has 0 bridgehead atoms. The van der Waals surface area contributed by atoms with E-state index in [9.17, 15) is 0 Å². The minimum atomic E-state index is 0.518. The summed E-state index contributed by atoms with van der Waals surface area (Å²) in [6.45, 7) is 4.24. The highest BCUT2D eigenvalue weighted by Gasteiger charge is 2.11. The molecule has 0 unspecified atom stereocenters. The van der Waals surface area contributed by atoms with Crippen LogP contribution in [0.2, 0.25) is 0 Å². The van der Waals surface area contributed by atoms with Crippen molar-refractivity contribution >= 4 is 5.90 Å². The van der Waals surface area contributed by atoms with Gasteiger partial charge in [-0.05, 0) is 12.1 Å². The average molecular weight is 159 g/mol. The summed E-state index contributed by atoms with van der Waals surface area (Å²) >= 11 is 0. The topological polar surface area (TPSA) is 21.6 Å². The molecule has 0 atom stereocenters. The lowest BCUT2D eigenvalue weighted by atomic mass is 10.2. The van der Waals surface area contributed by atoms with Gasteiger partial charge in [-0.25, -0.2) is 4.99 Å². The Morgan fingerprint density at radius 3 is 2.58 bits per heavy atom. The van der Waals surface area contributed by atoms with Gasteiger partial charge in [0.2, 0.25) is 5.90 Å². The molecule has 0 fully saturated rings. The molecule has 2 nitrogen and oxygen atoms in total. The van der Waals surface area contributed by atoms with Crippen LogP contribution in [0, 0.1) is 0 Å². The molecule has 0 saturated heterocycles. The van der Waals surface area contributed by atoms with Gasteiger partial charge >= 0.3 is 0 Å². The summed E-state index contributed by atoms with van der Waals surface area (Å²) in [6.07, 6.45) is 0. The minimum absolute atomic E-state index is 0.518. The molecule has 1 heterocycles. The quantitative estimate of drug-likeness (QED) is 0.614. The third-order valence-corrected chi connectivity index (χ3v) is 1.66. The van der Waals surface area contributed by atoms with Crippen LogP contribution in [0.1, 0.15) is 5.56 Å². The van der Waals surface area contributed by atoms with E-state index in [0.717, 1.165) is 11.3 Å². The molecule has 60 valence electrons. The largest absolute Gasteiger partial charge is 0.471 e. The Bertz CT molecular complexity index is 327. The first kappa shape index (κ1) is 7.10. The second-order valence-corrected chi connectivity index (χ2v) is 2.64. The Kier molecular flexibility index (Phi) is 1.67. The van der Waals surface area contributed by atoms with Crippen LogP contribution < -0.4 is 0 Å². The number of hydrogen-bond donors (Lipinski definition) is 0. The Balaban J connectivity index is 2.33. The fourth-order valence-electron chi connectivity index (χ4n) is 1.09. The minimum Gasteiger partial charge on any atom is -0.471 e. The number of benzene rings is 1. The number of nitrogens with zero attached hydrogens (tertiary/aromatic N) is 1. The van der Waals surface area contributed by atoms with Crippen LogP contribution in [0.15, 0.2) is 47.6 Å². The summed E-state index contributed by atoms with van der Waals surface area (Å²) in [4.78, 5) is 4.16. The van der Waals surface area contributed by atoms with E-state index >= 15 is 0 Å². The first-order valence-corrected chi connectivity index (χ1v) is 3.81. The maximum atomic E-state index is 5.30. The van der Waals surface area contributed by atoms with Crippen LogP contribution in [0.5, 0.6) is 0 Å². The molecule has 0 amide bonds. The molecule has 1 aliphatic rings. The van der Waals surface area contributed by atoms with E-state index in [2.05, 4.69) is 11.6 Å². The normalized spacial score (nSPS) is 15.7. The van der Waals surface area contributed by atoms with Gasteiger partial charge in [-0.2, -0.15) is 0 Å². The van der Waals surface area contributed by atoms with E-state index in [1.54, 1.807) is 0 Å². The van der Waals surface area contributed by atoms with Crippen LogP contribution in [0.3, 0.4) is 0 Å². The molecule has 0 N–H and O–H groups in total. The standard InChI is InChI=1S/C10H9NO/c1-8-7-12-10(11-8)9-5-3-2-4-6-9/h2-6H,1,7H2. The third-order valence-electron chi connectivity index (χ3n) is 1.66. The molecular weight excluding hydrogens is 150 g/mol. The van der Waals surface area contributed by atoms with Crippen molar-refractivity contribution in [2.24, 2.45) is 4.99 Å². The van der Waals surface area contributed by atoms with Gasteiger partial charge in [0.25, 0.3) is 0 Å². The van der Waals surface area contributed by atoms with Gasteiger partial charge in [0.05, 0.1) is 5.70 Å². The Hall–Kier alpha value is -1.57. The first-order valence-electron chi connectivity index (χ1n) is 3.81. The number of hydrogen-bond acceptors (Lipinski definition) is 2. The van der Waals surface area contributed by atoms with Crippen LogP contribution in [-0.4, -0.2) is 12.5 Å². The van der Waals surface area contributed by atoms with E-state index in [1.165, 1.54) is 0 Å². The molecule has 0 radical (unpaired) electrons. The van der Waals surface area contributed by atoms with Crippen molar-refractivity contribution in [3.05, 3.63) is 48.2 Å². The van der Waals surface area contributed by atoms with Crippen molar-refractivity contribution in [3.63, 3.8) is 0 Å². The molecule has 12 heavy (non-hydrogen) atoms. The average Bonchev–Trinajstić information content (AvgIpc) is 2.54. The van der Waals surface area contributed by atoms with Crippen molar-refractivity contribution in [3.8, 4) is 0 Å². The number of rotatable bonds is 1. The van der Waals surface area contributed by atoms with Crippen LogP contribution in [0.25, 0.3) is 0 Å². The van der Waals surface area contributed by atoms with Crippen molar-refractivity contribution < 1.29 is 4.74 Å². The summed E-state index contributed by atoms with van der Waals surface area (Å²) in [5.74, 6) is 0.681. The molecule has 0 aliphatic carbocycles. The molecular formula is C10H9NO. The second-order valence-electron chi connectivity index (χ2n) is 2.64. The predicted octanol–water partition coefficient (Wildman–Crippen LogP) is 1.98. The van der Waals surface area contributed by atoms with Gasteiger partial charge in [-0.1, -0.05) is 24.8 Å². The molecule has 1 aromatic carbocycles. The fraction of sp³-hybridized carbons (Fsp3) is 0.100. The lowest BCUT2D eigenvalue weighted by Gasteiger charge is -1.98. The lowest BCUT2D eigenvalue weighted by Crippen LogP contribution is -1.99. The summed E-state index contributed by atoms with van der Waals surface area (Å²) in [7, 11) is 0. The van der Waals surface area contributed by atoms with Gasteiger partial charge in [-0.3, -0.25) is 0 Å². The number of ether oxygens (including phenoxy) is 1. The molecule has 0 saturated carbocycles. The molecule has 0 spiro atoms. The summed E-state index contributed by atoms with van der Waals surface area (Å²) in [6, 6.07) is 9.83. The van der Waals surface area contributed by atoms with Crippen LogP contribution in [-0.2, 0) is 4.74 Å². The molecule has 2 heteroatoms. The highest BCUT2D eigenvalue weighted by Crippen LogP contribution is 2.12. The van der Waals surface area contributed by atoms with Crippen molar-refractivity contribution in [2.75, 3.05) is 6.61 Å². The van der Waals surface area contributed by atoms with E-state index in [0.29, 0.717) is 12.5 Å². The van der Waals surface area contributed by atoms with Crippen LogP contribution in [0.4, 0.5) is 0 Å². The second kappa shape index (κ2) is 2.81. The highest BCUT2D eigenvalue weighted by atomic mass is 16.5. The third kappa shape index (κ3) is 1.23. The van der Waals surface area contributed by atoms with E-state index < -0.39 is 0 Å². The van der Waals surface area contributed by atoms with Gasteiger partial charge in [0.15, 0.2) is 0 Å². The predicted molar refractivity (Wildman–Crippen MR) is 48.1 cm³/mol. The maximum absolute atomic E-state index is 5.30. The summed E-state index contributed by atoms with van der Waals surface area (Å²) in [5.41, 5.74) is 1.80. The Labute approximate surface area is 71.2 Å². The van der Waals surface area contributed by atoms with E-state index in [-0.39, 0.29) is 0 Å². The van der Waals surface area contributed by atoms with Crippen molar-refractivity contribution in [1.29, 1.82) is 0 Å². The highest BCUT2D eigenvalue weighted by molar-refractivity contribution is 5.95. The summed E-state index contributed by atoms with van der Waals surface area (Å²) < 4.78 is 5.30. The van der Waals surface area contributed by atoms with Gasteiger partial charge in [0.1, 0.15) is 6.61 Å². The van der Waals surface area contributed by atoms with Crippen molar-refractivity contribution in [1.82, 2.24) is 0 Å². The Morgan fingerprint density at radius 2 is 2.00 bits per heavy atom. The zero-order valence-electron chi connectivity index (χ0n) is 6.66. The maximum Gasteiger partial charge on any atom is 0.221 e. The SMILES string of the molecule is C=C1COC(c2ccccc2)=N1. The molecule has 0 aromatic heterocycles. The fourth-order valence-corrected chi connectivity index (χ4v) is 1.09. The molecule has 1 aliphatic heterocycles. The monoisotopic (exact) mass is 159 g/mol. The van der Waals surface area contributed by atoms with Gasteiger partial charge in [0, 0.05) is 5.56 Å². The van der Waals surface area contributed by atoms with E-state index in [1.807, 2.05) is 30.3 Å². The number of aliphatic imine (C=N–C) groups is 1. The molecule has 2 rings (SSSR count). The van der Waals surface area contributed by atoms with Gasteiger partial charge in [-0.15, -0.1) is 0 Å². The first-order chi connectivity index (χ1) is 5.86. The van der Waals surface area contributed by atoms with Crippen molar-refractivity contribution in [2.45, 2.75) is 0 Å². The molecule has 1 aromatic rings.